The molecule has 2 nitrogen and oxygen atoms in total. The molecule has 0 aromatic rings. The highest BCUT2D eigenvalue weighted by Gasteiger charge is 2.63. The topological polar surface area (TPSA) is 46.2 Å². The van der Waals surface area contributed by atoms with Crippen molar-refractivity contribution in [3.63, 3.8) is 0 Å². The molecule has 3 N–H and O–H groups in total. The molecule has 0 spiro atoms. The molecule has 0 rings (SSSR count). The molecule has 8 heteroatoms. The van der Waals surface area contributed by atoms with Gasteiger partial charge in [-0.15, -0.1) is 12.4 Å². The van der Waals surface area contributed by atoms with Gasteiger partial charge in [-0.3, -0.25) is 0 Å². The van der Waals surface area contributed by atoms with Gasteiger partial charge >= 0.3 is 12.1 Å². The van der Waals surface area contributed by atoms with Crippen LogP contribution in [-0.4, -0.2) is 29.4 Å². The summed E-state index contributed by atoms with van der Waals surface area (Å²) in [6.45, 7) is 1.31. The third-order valence-electron chi connectivity index (χ3n) is 1.63. The minimum Gasteiger partial charge on any atom is -0.385 e. The molecule has 0 heterocycles. The summed E-state index contributed by atoms with van der Waals surface area (Å²) >= 11 is 0. The minimum absolute atomic E-state index is 0. The predicted octanol–water partition coefficient (Wildman–Crippen LogP) is 1.70. The van der Waals surface area contributed by atoms with E-state index in [1.54, 1.807) is 0 Å². The summed E-state index contributed by atoms with van der Waals surface area (Å²) in [5.74, 6) is -5.15. The third-order valence-corrected chi connectivity index (χ3v) is 1.63. The molecule has 2 atom stereocenters. The van der Waals surface area contributed by atoms with Crippen molar-refractivity contribution in [2.75, 3.05) is 0 Å². The Morgan fingerprint density at radius 1 is 1.21 bits per heavy atom. The Morgan fingerprint density at radius 3 is 1.79 bits per heavy atom. The lowest BCUT2D eigenvalue weighted by molar-refractivity contribution is -0.315. The van der Waals surface area contributed by atoms with E-state index in [0.717, 1.165) is 0 Å². The first kappa shape index (κ1) is 16.3. The van der Waals surface area contributed by atoms with Gasteiger partial charge in [0, 0.05) is 6.04 Å². The minimum atomic E-state index is -5.76. The molecule has 0 bridgehead atoms. The first-order valence-electron chi connectivity index (χ1n) is 3.52. The number of hydrogen-bond acceptors (Lipinski definition) is 2. The van der Waals surface area contributed by atoms with Crippen LogP contribution in [0, 0.1) is 0 Å². The highest BCUT2D eigenvalue weighted by atomic mass is 35.5. The zero-order valence-electron chi connectivity index (χ0n) is 7.18. The van der Waals surface area contributed by atoms with Crippen LogP contribution in [0.5, 0.6) is 0 Å². The van der Waals surface area contributed by atoms with E-state index in [0.29, 0.717) is 0 Å². The van der Waals surface area contributed by atoms with E-state index in [4.69, 9.17) is 10.8 Å². The van der Waals surface area contributed by atoms with Gasteiger partial charge in [0.15, 0.2) is 0 Å². The highest BCUT2D eigenvalue weighted by molar-refractivity contribution is 5.85. The molecule has 14 heavy (non-hydrogen) atoms. The van der Waals surface area contributed by atoms with Crippen LogP contribution in [0.3, 0.4) is 0 Å². The molecule has 0 aromatic heterocycles. The number of alkyl halides is 5. The van der Waals surface area contributed by atoms with Crippen molar-refractivity contribution < 1.29 is 27.1 Å². The maximum absolute atomic E-state index is 12.3. The highest BCUT2D eigenvalue weighted by Crippen LogP contribution is 2.39. The smallest absolute Gasteiger partial charge is 0.385 e. The fourth-order valence-corrected chi connectivity index (χ4v) is 0.660. The number of nitrogens with two attached hydrogens (primary N) is 1. The molecule has 0 amide bonds. The lowest BCUT2D eigenvalue weighted by Crippen LogP contribution is -2.54. The number of rotatable bonds is 3. The molecule has 0 aromatic carbocycles. The van der Waals surface area contributed by atoms with Crippen LogP contribution >= 0.6 is 12.4 Å². The fourth-order valence-electron chi connectivity index (χ4n) is 0.660. The Labute approximate surface area is 83.7 Å². The normalized spacial score (nSPS) is 17.1. The fraction of sp³-hybridized carbons (Fsp3) is 1.00. The molecule has 0 aliphatic heterocycles. The second kappa shape index (κ2) is 5.09. The molecule has 0 saturated carbocycles. The van der Waals surface area contributed by atoms with Crippen LogP contribution in [0.1, 0.15) is 13.3 Å². The molecule has 0 radical (unpaired) electrons. The Balaban J connectivity index is 0. The Bertz CT molecular complexity index is 174. The molecule has 0 aliphatic carbocycles. The molecule has 2 unspecified atom stereocenters. The van der Waals surface area contributed by atoms with Crippen molar-refractivity contribution in [2.24, 2.45) is 5.73 Å². The summed E-state index contributed by atoms with van der Waals surface area (Å²) < 4.78 is 59.5. The number of halogens is 6. The van der Waals surface area contributed by atoms with Gasteiger partial charge in [0.25, 0.3) is 0 Å². The predicted molar refractivity (Wildman–Crippen MR) is 42.5 cm³/mol. The molecule has 0 fully saturated rings. The summed E-state index contributed by atoms with van der Waals surface area (Å²) in [6, 6.07) is -1.59. The van der Waals surface area contributed by atoms with Gasteiger partial charge in [0.1, 0.15) is 6.10 Å². The van der Waals surface area contributed by atoms with Crippen LogP contribution < -0.4 is 5.73 Å². The molecular formula is C6H11ClF5NO. The number of aliphatic hydroxyl groups is 1. The van der Waals surface area contributed by atoms with Crippen LogP contribution in [0.4, 0.5) is 22.0 Å². The first-order valence-corrected chi connectivity index (χ1v) is 3.52. The van der Waals surface area contributed by atoms with Crippen molar-refractivity contribution >= 4 is 12.4 Å². The van der Waals surface area contributed by atoms with Gasteiger partial charge < -0.3 is 10.8 Å². The quantitative estimate of drug-likeness (QED) is 0.741. The maximum atomic E-state index is 12.3. The van der Waals surface area contributed by atoms with Gasteiger partial charge in [0.05, 0.1) is 0 Å². The molecule has 88 valence electrons. The summed E-state index contributed by atoms with van der Waals surface area (Å²) in [4.78, 5) is 0. The Kier molecular flexibility index (Phi) is 5.92. The Morgan fingerprint density at radius 2 is 1.57 bits per heavy atom. The van der Waals surface area contributed by atoms with Crippen molar-refractivity contribution in [2.45, 2.75) is 37.6 Å². The second-order valence-electron chi connectivity index (χ2n) is 2.64. The second-order valence-corrected chi connectivity index (χ2v) is 2.64. The van der Waals surface area contributed by atoms with Gasteiger partial charge in [-0.2, -0.15) is 22.0 Å². The van der Waals surface area contributed by atoms with Crippen LogP contribution in [0.15, 0.2) is 0 Å². The van der Waals surface area contributed by atoms with Crippen LogP contribution in [0.25, 0.3) is 0 Å². The van der Waals surface area contributed by atoms with E-state index in [2.05, 4.69) is 0 Å². The average molecular weight is 244 g/mol. The summed E-state index contributed by atoms with van der Waals surface area (Å²) in [5, 5.41) is 8.59. The van der Waals surface area contributed by atoms with Crippen molar-refractivity contribution in [1.82, 2.24) is 0 Å². The summed E-state index contributed by atoms with van der Waals surface area (Å²) in [6.07, 6.45) is -8.82. The van der Waals surface area contributed by atoms with Gasteiger partial charge in [-0.25, -0.2) is 0 Å². The lowest BCUT2D eigenvalue weighted by atomic mass is 10.0. The van der Waals surface area contributed by atoms with E-state index in [1.165, 1.54) is 6.92 Å². The van der Waals surface area contributed by atoms with E-state index in [9.17, 15) is 22.0 Å². The number of aliphatic hydroxyl groups excluding tert-OH is 1. The van der Waals surface area contributed by atoms with Crippen LogP contribution in [0.2, 0.25) is 0 Å². The molecule has 0 saturated heterocycles. The largest absolute Gasteiger partial charge is 0.456 e. The van der Waals surface area contributed by atoms with Crippen molar-refractivity contribution in [3.8, 4) is 0 Å². The van der Waals surface area contributed by atoms with E-state index >= 15 is 0 Å². The summed E-state index contributed by atoms with van der Waals surface area (Å²) in [5.41, 5.74) is 4.87. The third kappa shape index (κ3) is 3.21. The SMILES string of the molecule is CCC(N)C(O)C(F)(F)C(F)(F)F.Cl. The van der Waals surface area contributed by atoms with Gasteiger partial charge in [0.2, 0.25) is 0 Å². The van der Waals surface area contributed by atoms with E-state index in [1.807, 2.05) is 0 Å². The lowest BCUT2D eigenvalue weighted by Gasteiger charge is -2.28. The zero-order valence-corrected chi connectivity index (χ0v) is 8.00. The standard InChI is InChI=1S/C6H10F5NO.ClH/c1-2-3(12)4(13)5(7,8)6(9,10)11;/h3-4,13H,2,12H2,1H3;1H. The van der Waals surface area contributed by atoms with Crippen LogP contribution in [-0.2, 0) is 0 Å². The van der Waals surface area contributed by atoms with Gasteiger partial charge in [-0.1, -0.05) is 6.92 Å². The Hall–Kier alpha value is -0.140. The average Bonchev–Trinajstić information content (AvgIpc) is 1.99. The zero-order chi connectivity index (χ0) is 10.9. The first-order chi connectivity index (χ1) is 5.64. The molecular weight excluding hydrogens is 233 g/mol. The summed E-state index contributed by atoms with van der Waals surface area (Å²) in [7, 11) is 0. The molecule has 0 aliphatic rings. The number of hydrogen-bond donors (Lipinski definition) is 2. The monoisotopic (exact) mass is 243 g/mol. The van der Waals surface area contributed by atoms with Gasteiger partial charge in [-0.05, 0) is 6.42 Å². The van der Waals surface area contributed by atoms with E-state index in [-0.39, 0.29) is 18.8 Å². The van der Waals surface area contributed by atoms with Crippen molar-refractivity contribution in [3.05, 3.63) is 0 Å². The van der Waals surface area contributed by atoms with Crippen molar-refractivity contribution in [1.29, 1.82) is 0 Å². The maximum Gasteiger partial charge on any atom is 0.456 e. The van der Waals surface area contributed by atoms with E-state index < -0.39 is 24.2 Å².